The molecule has 3 heteroatoms. The van der Waals surface area contributed by atoms with Crippen LogP contribution in [0.1, 0.15) is 5.56 Å². The lowest BCUT2D eigenvalue weighted by Crippen LogP contribution is -1.93. The third-order valence-corrected chi connectivity index (χ3v) is 1.34. The summed E-state index contributed by atoms with van der Waals surface area (Å²) < 4.78 is 17.5. The number of benzene rings is 1. The van der Waals surface area contributed by atoms with Crippen molar-refractivity contribution in [2.24, 2.45) is 0 Å². The second-order valence-electron chi connectivity index (χ2n) is 1.99. The zero-order valence-electron chi connectivity index (χ0n) is 6.04. The highest BCUT2D eigenvalue weighted by Gasteiger charge is 2.06. The lowest BCUT2D eigenvalue weighted by Gasteiger charge is -2.04. The van der Waals surface area contributed by atoms with Crippen molar-refractivity contribution >= 4 is 0 Å². The Balaban J connectivity index is 3.13. The molecular formula is C8H8FO2. The van der Waals surface area contributed by atoms with Crippen LogP contribution in [-0.4, -0.2) is 12.2 Å². The maximum atomic E-state index is 12.8. The molecule has 1 rings (SSSR count). The lowest BCUT2D eigenvalue weighted by atomic mass is 10.2. The minimum absolute atomic E-state index is 0.0648. The first-order chi connectivity index (χ1) is 5.29. The predicted octanol–water partition coefficient (Wildman–Crippen LogP) is 1.72. The van der Waals surface area contributed by atoms with E-state index in [1.807, 2.05) is 0 Å². The number of para-hydroxylation sites is 1. The van der Waals surface area contributed by atoms with E-state index in [1.54, 1.807) is 6.07 Å². The number of rotatable bonds is 2. The van der Waals surface area contributed by atoms with Crippen molar-refractivity contribution in [1.29, 1.82) is 0 Å². The molecule has 0 spiro atoms. The van der Waals surface area contributed by atoms with Gasteiger partial charge in [0.05, 0.1) is 7.11 Å². The Kier molecular flexibility index (Phi) is 2.44. The number of halogens is 1. The maximum Gasteiger partial charge on any atom is 0.165 e. The Morgan fingerprint density at radius 1 is 1.55 bits per heavy atom. The van der Waals surface area contributed by atoms with Gasteiger partial charge in [-0.2, -0.15) is 0 Å². The van der Waals surface area contributed by atoms with E-state index in [1.165, 1.54) is 19.2 Å². The van der Waals surface area contributed by atoms with E-state index in [0.29, 0.717) is 5.56 Å². The largest absolute Gasteiger partial charge is 0.493 e. The molecular weight excluding hydrogens is 147 g/mol. The van der Waals surface area contributed by atoms with Crippen LogP contribution in [0.5, 0.6) is 5.75 Å². The van der Waals surface area contributed by atoms with Crippen molar-refractivity contribution in [2.45, 2.75) is 0 Å². The summed E-state index contributed by atoms with van der Waals surface area (Å²) in [6.45, 7) is 0.807. The molecule has 2 nitrogen and oxygen atoms in total. The number of methoxy groups -OCH3 is 1. The Labute approximate surface area is 64.2 Å². The Bertz CT molecular complexity index is 248. The molecule has 0 amide bonds. The molecule has 1 N–H and O–H groups in total. The van der Waals surface area contributed by atoms with Gasteiger partial charge in [0.25, 0.3) is 0 Å². The number of hydrogen-bond acceptors (Lipinski definition) is 2. The highest BCUT2D eigenvalue weighted by molar-refractivity contribution is 5.38. The van der Waals surface area contributed by atoms with Crippen LogP contribution < -0.4 is 4.74 Å². The van der Waals surface area contributed by atoms with Crippen LogP contribution in [0.15, 0.2) is 18.2 Å². The van der Waals surface area contributed by atoms with Crippen molar-refractivity contribution in [3.63, 3.8) is 0 Å². The summed E-state index contributed by atoms with van der Waals surface area (Å²) in [5, 5.41) is 8.60. The van der Waals surface area contributed by atoms with Gasteiger partial charge in [0, 0.05) is 5.56 Å². The second kappa shape index (κ2) is 3.34. The molecule has 0 heterocycles. The zero-order valence-corrected chi connectivity index (χ0v) is 6.04. The van der Waals surface area contributed by atoms with E-state index in [0.717, 1.165) is 6.61 Å². The van der Waals surface area contributed by atoms with Crippen LogP contribution in [0.25, 0.3) is 0 Å². The van der Waals surface area contributed by atoms with Crippen LogP contribution in [0.4, 0.5) is 4.39 Å². The smallest absolute Gasteiger partial charge is 0.165 e. The van der Waals surface area contributed by atoms with Gasteiger partial charge in [0.1, 0.15) is 6.61 Å². The fourth-order valence-electron chi connectivity index (χ4n) is 0.843. The van der Waals surface area contributed by atoms with Gasteiger partial charge in [-0.25, -0.2) is 4.39 Å². The number of hydrogen-bond donors (Lipinski definition) is 1. The third kappa shape index (κ3) is 1.49. The lowest BCUT2D eigenvalue weighted by molar-refractivity contribution is 0.365. The highest BCUT2D eigenvalue weighted by Crippen LogP contribution is 2.22. The van der Waals surface area contributed by atoms with Crippen LogP contribution in [0.2, 0.25) is 0 Å². The van der Waals surface area contributed by atoms with Gasteiger partial charge >= 0.3 is 0 Å². The Morgan fingerprint density at radius 3 is 2.73 bits per heavy atom. The topological polar surface area (TPSA) is 29.5 Å². The molecule has 0 fully saturated rings. The minimum atomic E-state index is -0.477. The van der Waals surface area contributed by atoms with Gasteiger partial charge in [-0.05, 0) is 6.07 Å². The summed E-state index contributed by atoms with van der Waals surface area (Å²) in [6, 6.07) is 4.33. The standard InChI is InChI=1S/C8H8FO2/c1-11-8-6(5-10)3-2-4-7(8)9/h2-5,10H,1H3. The van der Waals surface area contributed by atoms with E-state index >= 15 is 0 Å². The second-order valence-corrected chi connectivity index (χ2v) is 1.99. The van der Waals surface area contributed by atoms with Crippen molar-refractivity contribution in [3.8, 4) is 5.75 Å². The summed E-state index contributed by atoms with van der Waals surface area (Å²) in [5.41, 5.74) is 0.340. The van der Waals surface area contributed by atoms with Crippen LogP contribution in [0, 0.1) is 12.4 Å². The molecule has 0 saturated heterocycles. The van der Waals surface area contributed by atoms with Gasteiger partial charge in [0.15, 0.2) is 11.6 Å². The van der Waals surface area contributed by atoms with E-state index in [-0.39, 0.29) is 5.75 Å². The molecule has 0 aliphatic rings. The summed E-state index contributed by atoms with van der Waals surface area (Å²) in [7, 11) is 1.35. The fourth-order valence-corrected chi connectivity index (χ4v) is 0.843. The van der Waals surface area contributed by atoms with Crippen LogP contribution in [0.3, 0.4) is 0 Å². The molecule has 0 atom stereocenters. The number of ether oxygens (including phenoxy) is 1. The molecule has 1 radical (unpaired) electrons. The quantitative estimate of drug-likeness (QED) is 0.704. The van der Waals surface area contributed by atoms with Gasteiger partial charge in [-0.15, -0.1) is 0 Å². The summed E-state index contributed by atoms with van der Waals surface area (Å²) in [6.07, 6.45) is 0. The van der Waals surface area contributed by atoms with E-state index < -0.39 is 5.82 Å². The third-order valence-electron chi connectivity index (χ3n) is 1.34. The molecule has 0 unspecified atom stereocenters. The van der Waals surface area contributed by atoms with Gasteiger partial charge < -0.3 is 9.84 Å². The molecule has 0 bridgehead atoms. The number of aliphatic hydroxyl groups excluding tert-OH is 1. The first-order valence-electron chi connectivity index (χ1n) is 3.09. The number of aliphatic hydroxyl groups is 1. The van der Waals surface area contributed by atoms with Crippen molar-refractivity contribution in [1.82, 2.24) is 0 Å². The van der Waals surface area contributed by atoms with E-state index in [4.69, 9.17) is 9.84 Å². The molecule has 0 aromatic heterocycles. The zero-order chi connectivity index (χ0) is 8.27. The molecule has 0 aliphatic heterocycles. The SMILES string of the molecule is COc1c(F)cccc1[CH]O. The maximum absolute atomic E-state index is 12.8. The molecule has 0 aliphatic carbocycles. The van der Waals surface area contributed by atoms with Crippen LogP contribution in [-0.2, 0) is 0 Å². The van der Waals surface area contributed by atoms with Crippen molar-refractivity contribution in [2.75, 3.05) is 7.11 Å². The monoisotopic (exact) mass is 155 g/mol. The van der Waals surface area contributed by atoms with Crippen LogP contribution >= 0.6 is 0 Å². The normalized spacial score (nSPS) is 9.73. The van der Waals surface area contributed by atoms with Crippen molar-refractivity contribution in [3.05, 3.63) is 36.2 Å². The Morgan fingerprint density at radius 2 is 2.27 bits per heavy atom. The fraction of sp³-hybridized carbons (Fsp3) is 0.125. The Hall–Kier alpha value is -1.09. The molecule has 1 aromatic rings. The average molecular weight is 155 g/mol. The first-order valence-corrected chi connectivity index (χ1v) is 3.09. The van der Waals surface area contributed by atoms with E-state index in [2.05, 4.69) is 0 Å². The molecule has 11 heavy (non-hydrogen) atoms. The average Bonchev–Trinajstić information content (AvgIpc) is 2.04. The summed E-state index contributed by atoms with van der Waals surface area (Å²) >= 11 is 0. The van der Waals surface area contributed by atoms with E-state index in [9.17, 15) is 4.39 Å². The highest BCUT2D eigenvalue weighted by atomic mass is 19.1. The van der Waals surface area contributed by atoms with Gasteiger partial charge in [-0.3, -0.25) is 0 Å². The van der Waals surface area contributed by atoms with Gasteiger partial charge in [0.2, 0.25) is 0 Å². The molecule has 0 saturated carbocycles. The van der Waals surface area contributed by atoms with Gasteiger partial charge in [-0.1, -0.05) is 12.1 Å². The minimum Gasteiger partial charge on any atom is -0.493 e. The summed E-state index contributed by atoms with van der Waals surface area (Å²) in [4.78, 5) is 0. The predicted molar refractivity (Wildman–Crippen MR) is 38.3 cm³/mol. The van der Waals surface area contributed by atoms with Crippen molar-refractivity contribution < 1.29 is 14.2 Å². The molecule has 59 valence electrons. The molecule has 1 aromatic carbocycles. The summed E-state index contributed by atoms with van der Waals surface area (Å²) in [5.74, 6) is -0.412. The first kappa shape index (κ1) is 8.01.